The summed E-state index contributed by atoms with van der Waals surface area (Å²) in [6.45, 7) is 2.42. The van der Waals surface area contributed by atoms with Crippen molar-refractivity contribution in [1.29, 1.82) is 0 Å². The summed E-state index contributed by atoms with van der Waals surface area (Å²) in [6.07, 6.45) is 2.38. The van der Waals surface area contributed by atoms with Crippen molar-refractivity contribution in [3.8, 4) is 18.1 Å². The van der Waals surface area contributed by atoms with E-state index >= 15 is 0 Å². The van der Waals surface area contributed by atoms with E-state index in [4.69, 9.17) is 11.2 Å². The Morgan fingerprint density at radius 3 is 2.61 bits per heavy atom. The first-order chi connectivity index (χ1) is 8.49. The molecule has 0 radical (unpaired) electrons. The zero-order valence-corrected chi connectivity index (χ0v) is 10.2. The molecule has 0 saturated carbocycles. The summed E-state index contributed by atoms with van der Waals surface area (Å²) in [5.41, 5.74) is -0.158. The summed E-state index contributed by atoms with van der Waals surface area (Å²) in [6, 6.07) is 3.51. The molecule has 18 heavy (non-hydrogen) atoms. The summed E-state index contributed by atoms with van der Waals surface area (Å²) in [5, 5.41) is 0. The van der Waals surface area contributed by atoms with Crippen LogP contribution in [0.2, 0.25) is 0 Å². The van der Waals surface area contributed by atoms with Crippen LogP contribution in [0.3, 0.4) is 0 Å². The number of ether oxygens (including phenoxy) is 1. The van der Waals surface area contributed by atoms with E-state index in [2.05, 4.69) is 5.92 Å². The van der Waals surface area contributed by atoms with Crippen LogP contribution < -0.4 is 4.74 Å². The number of hydrogen-bond donors (Lipinski definition) is 0. The Balaban J connectivity index is 3.00. The van der Waals surface area contributed by atoms with E-state index in [1.165, 1.54) is 6.07 Å². The van der Waals surface area contributed by atoms with Crippen LogP contribution in [-0.4, -0.2) is 6.61 Å². The molecule has 1 aromatic rings. The van der Waals surface area contributed by atoms with Crippen molar-refractivity contribution in [2.75, 3.05) is 6.61 Å². The average Bonchev–Trinajstić information content (AvgIpc) is 2.33. The molecule has 0 heterocycles. The van der Waals surface area contributed by atoms with Gasteiger partial charge in [-0.1, -0.05) is 6.92 Å². The third-order valence-electron chi connectivity index (χ3n) is 2.39. The fourth-order valence-electron chi connectivity index (χ4n) is 1.51. The lowest BCUT2D eigenvalue weighted by Crippen LogP contribution is -2.07. The summed E-state index contributed by atoms with van der Waals surface area (Å²) in [5.74, 6) is 2.91. The van der Waals surface area contributed by atoms with Crippen LogP contribution in [0.15, 0.2) is 18.2 Å². The molecular formula is C14H15F3O. The minimum atomic E-state index is -4.34. The first-order valence-corrected chi connectivity index (χ1v) is 5.75. The number of hydrogen-bond acceptors (Lipinski definition) is 1. The van der Waals surface area contributed by atoms with Gasteiger partial charge in [-0.05, 0) is 36.6 Å². The number of terminal acetylenes is 1. The monoisotopic (exact) mass is 256 g/mol. The van der Waals surface area contributed by atoms with Gasteiger partial charge >= 0.3 is 6.18 Å². The highest BCUT2D eigenvalue weighted by molar-refractivity contribution is 5.38. The Kier molecular flexibility index (Phi) is 5.08. The van der Waals surface area contributed by atoms with Crippen molar-refractivity contribution >= 4 is 0 Å². The maximum absolute atomic E-state index is 12.6. The van der Waals surface area contributed by atoms with Crippen LogP contribution >= 0.6 is 0 Å². The number of benzene rings is 1. The van der Waals surface area contributed by atoms with Gasteiger partial charge in [0.25, 0.3) is 0 Å². The molecule has 1 rings (SSSR count). The second-order valence-electron chi connectivity index (χ2n) is 3.87. The standard InChI is InChI=1S/C14H15F3O/c1-3-5-6-11-10-12(14(15,16)17)7-8-13(11)18-9-4-2/h1,7-8,10H,4-6,9H2,2H3. The van der Waals surface area contributed by atoms with Gasteiger partial charge in [0.05, 0.1) is 12.2 Å². The molecule has 0 bridgehead atoms. The van der Waals surface area contributed by atoms with E-state index in [0.29, 0.717) is 30.8 Å². The van der Waals surface area contributed by atoms with Crippen molar-refractivity contribution in [1.82, 2.24) is 0 Å². The predicted octanol–water partition coefficient (Wildman–Crippen LogP) is 4.06. The average molecular weight is 256 g/mol. The molecule has 0 unspecified atom stereocenters. The molecule has 0 N–H and O–H groups in total. The fourth-order valence-corrected chi connectivity index (χ4v) is 1.51. The van der Waals surface area contributed by atoms with E-state index in [1.807, 2.05) is 6.92 Å². The smallest absolute Gasteiger partial charge is 0.416 e. The molecule has 0 spiro atoms. The van der Waals surface area contributed by atoms with Crippen LogP contribution in [0.4, 0.5) is 13.2 Å². The lowest BCUT2D eigenvalue weighted by molar-refractivity contribution is -0.137. The molecule has 1 nitrogen and oxygen atoms in total. The van der Waals surface area contributed by atoms with Gasteiger partial charge in [-0.25, -0.2) is 0 Å². The van der Waals surface area contributed by atoms with Crippen molar-refractivity contribution in [3.63, 3.8) is 0 Å². The summed E-state index contributed by atoms with van der Waals surface area (Å²) < 4.78 is 43.2. The van der Waals surface area contributed by atoms with Gasteiger partial charge in [0.15, 0.2) is 0 Å². The Labute approximate surface area is 105 Å². The molecule has 0 amide bonds. The third kappa shape index (κ3) is 3.99. The summed E-state index contributed by atoms with van der Waals surface area (Å²) >= 11 is 0. The highest BCUT2D eigenvalue weighted by Gasteiger charge is 2.31. The van der Waals surface area contributed by atoms with Gasteiger partial charge in [0.2, 0.25) is 0 Å². The highest BCUT2D eigenvalue weighted by atomic mass is 19.4. The maximum atomic E-state index is 12.6. The molecule has 0 aliphatic rings. The van der Waals surface area contributed by atoms with Crippen molar-refractivity contribution < 1.29 is 17.9 Å². The molecule has 0 fully saturated rings. The lowest BCUT2D eigenvalue weighted by Gasteiger charge is -2.13. The van der Waals surface area contributed by atoms with E-state index in [0.717, 1.165) is 18.6 Å². The largest absolute Gasteiger partial charge is 0.493 e. The van der Waals surface area contributed by atoms with Crippen molar-refractivity contribution in [3.05, 3.63) is 29.3 Å². The van der Waals surface area contributed by atoms with Gasteiger partial charge in [0, 0.05) is 6.42 Å². The quantitative estimate of drug-likeness (QED) is 0.722. The predicted molar refractivity (Wildman–Crippen MR) is 64.4 cm³/mol. The number of rotatable bonds is 5. The second-order valence-corrected chi connectivity index (χ2v) is 3.87. The zero-order valence-electron chi connectivity index (χ0n) is 10.2. The number of alkyl halides is 3. The van der Waals surface area contributed by atoms with E-state index in [-0.39, 0.29) is 0 Å². The van der Waals surface area contributed by atoms with Gasteiger partial charge in [0.1, 0.15) is 5.75 Å². The van der Waals surface area contributed by atoms with Crippen LogP contribution in [0.1, 0.15) is 30.9 Å². The Hall–Kier alpha value is -1.63. The molecule has 0 atom stereocenters. The SMILES string of the molecule is C#CCCc1cc(C(F)(F)F)ccc1OCCC. The van der Waals surface area contributed by atoms with Crippen LogP contribution in [0.5, 0.6) is 5.75 Å². The van der Waals surface area contributed by atoms with Crippen LogP contribution in [-0.2, 0) is 12.6 Å². The molecule has 4 heteroatoms. The molecule has 1 aromatic carbocycles. The lowest BCUT2D eigenvalue weighted by atomic mass is 10.0. The Morgan fingerprint density at radius 1 is 1.33 bits per heavy atom. The van der Waals surface area contributed by atoms with E-state index < -0.39 is 11.7 Å². The molecule has 0 saturated heterocycles. The van der Waals surface area contributed by atoms with E-state index in [1.54, 1.807) is 0 Å². The zero-order chi connectivity index (χ0) is 13.6. The normalized spacial score (nSPS) is 11.1. The highest BCUT2D eigenvalue weighted by Crippen LogP contribution is 2.33. The molecule has 98 valence electrons. The van der Waals surface area contributed by atoms with Gasteiger partial charge < -0.3 is 4.74 Å². The fraction of sp³-hybridized carbons (Fsp3) is 0.429. The second kappa shape index (κ2) is 6.34. The van der Waals surface area contributed by atoms with E-state index in [9.17, 15) is 13.2 Å². The minimum Gasteiger partial charge on any atom is -0.493 e. The Morgan fingerprint density at radius 2 is 2.06 bits per heavy atom. The maximum Gasteiger partial charge on any atom is 0.416 e. The van der Waals surface area contributed by atoms with Crippen molar-refractivity contribution in [2.24, 2.45) is 0 Å². The number of halogens is 3. The molecule has 0 aliphatic heterocycles. The third-order valence-corrected chi connectivity index (χ3v) is 2.39. The van der Waals surface area contributed by atoms with Crippen LogP contribution in [0.25, 0.3) is 0 Å². The molecular weight excluding hydrogens is 241 g/mol. The summed E-state index contributed by atoms with van der Waals surface area (Å²) in [4.78, 5) is 0. The van der Waals surface area contributed by atoms with Crippen LogP contribution in [0, 0.1) is 12.3 Å². The number of aryl methyl sites for hydroxylation is 1. The van der Waals surface area contributed by atoms with Gasteiger partial charge in [-0.15, -0.1) is 12.3 Å². The first-order valence-electron chi connectivity index (χ1n) is 5.75. The Bertz CT molecular complexity index is 430. The molecule has 0 aromatic heterocycles. The van der Waals surface area contributed by atoms with Gasteiger partial charge in [-0.2, -0.15) is 13.2 Å². The summed E-state index contributed by atoms with van der Waals surface area (Å²) in [7, 11) is 0. The van der Waals surface area contributed by atoms with Gasteiger partial charge in [-0.3, -0.25) is 0 Å². The first kappa shape index (κ1) is 14.4. The molecule has 0 aliphatic carbocycles. The topological polar surface area (TPSA) is 9.23 Å². The van der Waals surface area contributed by atoms with Crippen molar-refractivity contribution in [2.45, 2.75) is 32.4 Å². The minimum absolute atomic E-state index is 0.388.